The van der Waals surface area contributed by atoms with Gasteiger partial charge in [-0.2, -0.15) is 24.4 Å². The maximum absolute atomic E-state index is 12.8. The number of aliphatic hydroxyl groups excluding tert-OH is 1. The zero-order valence-electron chi connectivity index (χ0n) is 19.2. The molecule has 0 saturated heterocycles. The average molecular weight is 526 g/mol. The number of carboxylic acid groups (broad SMARTS) is 1. The Morgan fingerprint density at radius 1 is 1.06 bits per heavy atom. The van der Waals surface area contributed by atoms with Crippen molar-refractivity contribution in [3.05, 3.63) is 36.0 Å². The molecule has 3 amide bonds. The molecule has 1 heterocycles. The number of hydrogen-bond donors (Lipinski definition) is 8. The normalized spacial score (nSPS) is 14.5. The van der Waals surface area contributed by atoms with Crippen LogP contribution in [-0.4, -0.2) is 87.4 Å². The summed E-state index contributed by atoms with van der Waals surface area (Å²) in [4.78, 5) is 52.6. The lowest BCUT2D eigenvalue weighted by molar-refractivity contribution is -0.142. The lowest BCUT2D eigenvalue weighted by atomic mass is 10.0. The van der Waals surface area contributed by atoms with Gasteiger partial charge in [0.2, 0.25) is 17.7 Å². The number of nitrogens with two attached hydrogens (primary N) is 1. The summed E-state index contributed by atoms with van der Waals surface area (Å²) in [7, 11) is 0. The highest BCUT2D eigenvalue weighted by Gasteiger charge is 2.30. The number of nitrogens with one attached hydrogen (secondary N) is 4. The van der Waals surface area contributed by atoms with Gasteiger partial charge in [-0.15, -0.1) is 0 Å². The van der Waals surface area contributed by atoms with Crippen LogP contribution in [0.15, 0.2) is 30.5 Å². The topological polar surface area (TPSA) is 187 Å². The average Bonchev–Trinajstić information content (AvgIpc) is 3.26. The number of carbonyl (C=O) groups excluding carboxylic acids is 3. The molecular formula is C22H31N5O6S2. The number of benzene rings is 1. The summed E-state index contributed by atoms with van der Waals surface area (Å²) >= 11 is 5.58. The summed E-state index contributed by atoms with van der Waals surface area (Å²) in [6, 6.07) is 2.83. The van der Waals surface area contributed by atoms with E-state index in [1.54, 1.807) is 6.20 Å². The molecule has 1 aromatic carbocycles. The number of hydrogen-bond acceptors (Lipinski definition) is 8. The van der Waals surface area contributed by atoms with Crippen molar-refractivity contribution < 1.29 is 29.4 Å². The fourth-order valence-corrected chi connectivity index (χ4v) is 4.05. The van der Waals surface area contributed by atoms with Crippen LogP contribution in [0.4, 0.5) is 0 Å². The van der Waals surface area contributed by atoms with Crippen molar-refractivity contribution in [1.29, 1.82) is 0 Å². The summed E-state index contributed by atoms with van der Waals surface area (Å²) in [6.45, 7) is -0.586. The number of H-pyrrole nitrogens is 1. The number of para-hydroxylation sites is 1. The van der Waals surface area contributed by atoms with E-state index in [2.05, 4.69) is 33.6 Å². The molecule has 8 N–H and O–H groups in total. The lowest BCUT2D eigenvalue weighted by Crippen LogP contribution is -2.58. The molecule has 4 atom stereocenters. The molecule has 0 fully saturated rings. The number of aliphatic hydroxyl groups is 1. The van der Waals surface area contributed by atoms with Gasteiger partial charge < -0.3 is 36.9 Å². The molecule has 2 rings (SSSR count). The van der Waals surface area contributed by atoms with E-state index >= 15 is 0 Å². The molecule has 0 aliphatic heterocycles. The predicted octanol–water partition coefficient (Wildman–Crippen LogP) is -0.748. The van der Waals surface area contributed by atoms with Gasteiger partial charge in [0.15, 0.2) is 0 Å². The Labute approximate surface area is 212 Å². The fraction of sp³-hybridized carbons (Fsp3) is 0.455. The third kappa shape index (κ3) is 8.16. The van der Waals surface area contributed by atoms with Gasteiger partial charge >= 0.3 is 5.97 Å². The fourth-order valence-electron chi connectivity index (χ4n) is 3.33. The molecule has 0 spiro atoms. The summed E-state index contributed by atoms with van der Waals surface area (Å²) in [6.07, 6.45) is 3.82. The minimum Gasteiger partial charge on any atom is -0.480 e. The van der Waals surface area contributed by atoms with Crippen molar-refractivity contribution in [3.8, 4) is 0 Å². The smallest absolute Gasteiger partial charge is 0.326 e. The van der Waals surface area contributed by atoms with Crippen LogP contribution < -0.4 is 21.7 Å². The second-order valence-electron chi connectivity index (χ2n) is 7.84. The van der Waals surface area contributed by atoms with E-state index in [-0.39, 0.29) is 18.6 Å². The number of carboxylic acids is 1. The molecule has 0 aliphatic carbocycles. The lowest BCUT2D eigenvalue weighted by Gasteiger charge is -2.24. The third-order valence-corrected chi connectivity index (χ3v) is 6.32. The van der Waals surface area contributed by atoms with Crippen LogP contribution >= 0.6 is 24.4 Å². The maximum atomic E-state index is 12.8. The van der Waals surface area contributed by atoms with Crippen LogP contribution in [0, 0.1) is 0 Å². The number of aromatic amines is 1. The molecule has 2 aromatic rings. The zero-order chi connectivity index (χ0) is 26.0. The van der Waals surface area contributed by atoms with Crippen molar-refractivity contribution >= 4 is 59.0 Å². The second kappa shape index (κ2) is 14.0. The highest BCUT2D eigenvalue weighted by Crippen LogP contribution is 2.19. The van der Waals surface area contributed by atoms with Crippen LogP contribution in [0.5, 0.6) is 0 Å². The van der Waals surface area contributed by atoms with Gasteiger partial charge in [-0.05, 0) is 30.1 Å². The van der Waals surface area contributed by atoms with Crippen LogP contribution in [0.3, 0.4) is 0 Å². The maximum Gasteiger partial charge on any atom is 0.326 e. The van der Waals surface area contributed by atoms with Gasteiger partial charge in [-0.3, -0.25) is 14.4 Å². The molecule has 35 heavy (non-hydrogen) atoms. The molecule has 1 aromatic heterocycles. The zero-order valence-corrected chi connectivity index (χ0v) is 20.9. The highest BCUT2D eigenvalue weighted by atomic mass is 32.2. The number of fused-ring (bicyclic) bond motifs is 1. The number of carbonyl (C=O) groups is 4. The molecule has 0 saturated carbocycles. The van der Waals surface area contributed by atoms with Crippen molar-refractivity contribution in [2.24, 2.45) is 5.73 Å². The first kappa shape index (κ1) is 28.5. The van der Waals surface area contributed by atoms with E-state index in [1.165, 1.54) is 11.8 Å². The van der Waals surface area contributed by atoms with Gasteiger partial charge in [-0.25, -0.2) is 4.79 Å². The van der Waals surface area contributed by atoms with Crippen LogP contribution in [0.25, 0.3) is 10.9 Å². The summed E-state index contributed by atoms with van der Waals surface area (Å²) in [5, 5.41) is 27.0. The Morgan fingerprint density at radius 3 is 2.31 bits per heavy atom. The molecule has 0 aliphatic rings. The van der Waals surface area contributed by atoms with Crippen molar-refractivity contribution in [2.45, 2.75) is 37.0 Å². The van der Waals surface area contributed by atoms with Gasteiger partial charge in [-0.1, -0.05) is 18.2 Å². The molecule has 0 radical (unpaired) electrons. The first-order chi connectivity index (χ1) is 16.7. The van der Waals surface area contributed by atoms with Crippen LogP contribution in [-0.2, 0) is 25.6 Å². The first-order valence-corrected chi connectivity index (χ1v) is 12.9. The standard InChI is InChI=1S/C22H31N5O6S2/c1-35-7-6-16(25-19(29)14(23)10-28)20(30)27-18(11-34)21(31)26-17(22(32)33)8-12-9-24-15-5-3-2-4-13(12)15/h2-5,9,14,16-18,24,28,34H,6-8,10-11,23H2,1H3,(H,25,29)(H,26,31)(H,27,30)(H,32,33). The molecule has 4 unspecified atom stereocenters. The number of rotatable bonds is 14. The number of amides is 3. The Hall–Kier alpha value is -2.74. The minimum atomic E-state index is -1.24. The summed E-state index contributed by atoms with van der Waals surface area (Å²) in [5.74, 6) is -2.86. The van der Waals surface area contributed by atoms with Gasteiger partial charge in [0.05, 0.1) is 6.61 Å². The van der Waals surface area contributed by atoms with Crippen LogP contribution in [0.1, 0.15) is 12.0 Å². The van der Waals surface area contributed by atoms with Crippen molar-refractivity contribution in [2.75, 3.05) is 24.4 Å². The second-order valence-corrected chi connectivity index (χ2v) is 9.19. The Morgan fingerprint density at radius 2 is 1.69 bits per heavy atom. The SMILES string of the molecule is CSCCC(NC(=O)C(N)CO)C(=O)NC(CS)C(=O)NC(Cc1c[nH]c2ccccc12)C(=O)O. The number of thioether (sulfide) groups is 1. The molecule has 11 nitrogen and oxygen atoms in total. The van der Waals surface area contributed by atoms with E-state index < -0.39 is 54.5 Å². The first-order valence-electron chi connectivity index (χ1n) is 10.9. The van der Waals surface area contributed by atoms with E-state index in [9.17, 15) is 24.3 Å². The molecule has 13 heteroatoms. The van der Waals surface area contributed by atoms with Crippen molar-refractivity contribution in [1.82, 2.24) is 20.9 Å². The van der Waals surface area contributed by atoms with E-state index in [4.69, 9.17) is 10.8 Å². The van der Waals surface area contributed by atoms with Crippen molar-refractivity contribution in [3.63, 3.8) is 0 Å². The predicted molar refractivity (Wildman–Crippen MR) is 137 cm³/mol. The number of thiol groups is 1. The monoisotopic (exact) mass is 525 g/mol. The Balaban J connectivity index is 2.08. The minimum absolute atomic E-state index is 0.0315. The molecule has 192 valence electrons. The van der Waals surface area contributed by atoms with E-state index in [1.807, 2.05) is 30.5 Å². The summed E-state index contributed by atoms with van der Waals surface area (Å²) in [5.41, 5.74) is 7.08. The van der Waals surface area contributed by atoms with Gasteiger partial charge in [0, 0.05) is 29.3 Å². The van der Waals surface area contributed by atoms with E-state index in [0.29, 0.717) is 5.75 Å². The Kier molecular flexibility index (Phi) is 11.4. The van der Waals surface area contributed by atoms with Crippen LogP contribution in [0.2, 0.25) is 0 Å². The largest absolute Gasteiger partial charge is 0.480 e. The summed E-state index contributed by atoms with van der Waals surface area (Å²) < 4.78 is 0. The number of aromatic nitrogens is 1. The Bertz CT molecular complexity index is 1030. The van der Waals surface area contributed by atoms with E-state index in [0.717, 1.165) is 16.5 Å². The van der Waals surface area contributed by atoms with Gasteiger partial charge in [0.1, 0.15) is 24.2 Å². The molecular weight excluding hydrogens is 494 g/mol. The highest BCUT2D eigenvalue weighted by molar-refractivity contribution is 7.98. The quantitative estimate of drug-likeness (QED) is 0.148. The number of aliphatic carboxylic acids is 1. The molecule has 0 bridgehead atoms. The third-order valence-electron chi connectivity index (χ3n) is 5.31. The van der Waals surface area contributed by atoms with Gasteiger partial charge in [0.25, 0.3) is 0 Å².